The van der Waals surface area contributed by atoms with Crippen molar-refractivity contribution < 1.29 is 29.0 Å². The average Bonchev–Trinajstić information content (AvgIpc) is 3.05. The summed E-state index contributed by atoms with van der Waals surface area (Å²) in [5.74, 6) is -2.43. The van der Waals surface area contributed by atoms with Gasteiger partial charge in [0.25, 0.3) is 0 Å². The number of pyridine rings is 1. The zero-order chi connectivity index (χ0) is 19.8. The minimum Gasteiger partial charge on any atom is -0.480 e. The number of aliphatic carboxylic acids is 1. The van der Waals surface area contributed by atoms with Crippen molar-refractivity contribution in [2.24, 2.45) is 0 Å². The quantitative estimate of drug-likeness (QED) is 0.309. The number of aromatic amines is 1. The third kappa shape index (κ3) is 5.30. The maximum Gasteiger partial charge on any atom is 0.326 e. The highest BCUT2D eigenvalue weighted by Crippen LogP contribution is 2.18. The first-order chi connectivity index (χ1) is 13.0. The molecule has 2 atom stereocenters. The number of rotatable bonds is 10. The lowest BCUT2D eigenvalue weighted by atomic mass is 10.1. The van der Waals surface area contributed by atoms with Crippen LogP contribution in [0.25, 0.3) is 16.6 Å². The molecular weight excluding hydrogens is 354 g/mol. The Balaban J connectivity index is 2.04. The lowest BCUT2D eigenvalue weighted by molar-refractivity contribution is -0.144. The lowest BCUT2D eigenvalue weighted by Gasteiger charge is -2.19. The normalized spacial score (nSPS) is 12.8. The number of ether oxygens (including phenoxy) is 1. The van der Waals surface area contributed by atoms with Crippen LogP contribution in [0.2, 0.25) is 0 Å². The van der Waals surface area contributed by atoms with E-state index in [4.69, 9.17) is 10.3 Å². The number of carbonyl (C=O) groups is 3. The minimum atomic E-state index is -1.27. The number of Topliss-reactive ketones (excluding diaryl/α,β-unsaturated/α-hetero) is 1. The van der Waals surface area contributed by atoms with Gasteiger partial charge in [-0.15, -0.1) is 0 Å². The number of carboxylic acid groups (broad SMARTS) is 1. The fraction of sp³-hybridized carbons (Fsp3) is 0.353. The maximum atomic E-state index is 12.4. The van der Waals surface area contributed by atoms with E-state index < -0.39 is 29.8 Å². The highest BCUT2D eigenvalue weighted by molar-refractivity contribution is 6.25. The van der Waals surface area contributed by atoms with Crippen LogP contribution in [0.5, 0.6) is 0 Å². The molecule has 142 valence electrons. The molecule has 2 aromatic heterocycles. The van der Waals surface area contributed by atoms with Gasteiger partial charge in [0, 0.05) is 37.7 Å². The van der Waals surface area contributed by atoms with Gasteiger partial charge in [-0.3, -0.25) is 9.59 Å². The Morgan fingerprint density at radius 2 is 2.26 bits per heavy atom. The van der Waals surface area contributed by atoms with E-state index in [1.54, 1.807) is 18.5 Å². The minimum absolute atomic E-state index is 0.140. The number of aromatic nitrogens is 2. The molecule has 0 bridgehead atoms. The van der Waals surface area contributed by atoms with Crippen molar-refractivity contribution in [3.63, 3.8) is 0 Å². The van der Waals surface area contributed by atoms with Crippen LogP contribution in [0.3, 0.4) is 0 Å². The van der Waals surface area contributed by atoms with Crippen molar-refractivity contribution in [2.45, 2.75) is 31.4 Å². The zero-order valence-corrected chi connectivity index (χ0v) is 14.6. The lowest BCUT2D eigenvalue weighted by Crippen LogP contribution is -2.46. The van der Waals surface area contributed by atoms with Gasteiger partial charge in [0.2, 0.25) is 11.7 Å². The van der Waals surface area contributed by atoms with Crippen LogP contribution in [0.4, 0.5) is 0 Å². The molecule has 27 heavy (non-hydrogen) atoms. The summed E-state index contributed by atoms with van der Waals surface area (Å²) in [5, 5.41) is 12.5. The number of hydrogen-bond acceptors (Lipinski definition) is 5. The maximum absolute atomic E-state index is 12.4. The molecule has 0 radical (unpaired) electrons. The summed E-state index contributed by atoms with van der Waals surface area (Å²) in [7, 11) is 1.36. The monoisotopic (exact) mass is 373 g/mol. The summed E-state index contributed by atoms with van der Waals surface area (Å²) in [4.78, 5) is 44.9. The molecule has 2 aromatic rings. The van der Waals surface area contributed by atoms with E-state index in [9.17, 15) is 19.5 Å². The first-order valence-electron chi connectivity index (χ1n) is 8.13. The second kappa shape index (κ2) is 9.37. The Bertz CT molecular complexity index is 887. The molecule has 2 heterocycles. The standard InChI is InChI=1S/C17H19N5O5/c1-27-14(7-10-8-20-15-12(10)3-2-6-19-15)16(24)22-13(17(25)26)5-4-11(23)9-21-18/h2-3,6,8-9,13-14H,4-5,7H2,1H3,(H,19,20)(H,22,24)(H,25,26)/t13-,14-/m0/s1. The van der Waals surface area contributed by atoms with Gasteiger partial charge < -0.3 is 25.7 Å². The van der Waals surface area contributed by atoms with Crippen molar-refractivity contribution in [3.05, 3.63) is 35.6 Å². The van der Waals surface area contributed by atoms with Gasteiger partial charge in [-0.2, -0.15) is 4.79 Å². The van der Waals surface area contributed by atoms with Crippen LogP contribution in [-0.2, 0) is 25.5 Å². The molecule has 1 amide bonds. The predicted octanol–water partition coefficient (Wildman–Crippen LogP) is 0.340. The number of hydrogen-bond donors (Lipinski definition) is 3. The number of ketones is 1. The van der Waals surface area contributed by atoms with Gasteiger partial charge in [-0.05, 0) is 24.1 Å². The summed E-state index contributed by atoms with van der Waals surface area (Å²) in [5.41, 5.74) is 9.78. The van der Waals surface area contributed by atoms with Crippen LogP contribution in [0.15, 0.2) is 24.5 Å². The zero-order valence-electron chi connectivity index (χ0n) is 14.6. The first kappa shape index (κ1) is 20.0. The van der Waals surface area contributed by atoms with E-state index >= 15 is 0 Å². The molecule has 2 rings (SSSR count). The fourth-order valence-corrected chi connectivity index (χ4v) is 2.60. The summed E-state index contributed by atoms with van der Waals surface area (Å²) in [6.45, 7) is 0. The summed E-state index contributed by atoms with van der Waals surface area (Å²) in [6, 6.07) is 2.36. The summed E-state index contributed by atoms with van der Waals surface area (Å²) in [6.07, 6.45) is 3.02. The number of carbonyl (C=O) groups excluding carboxylic acids is 2. The molecule has 0 unspecified atom stereocenters. The number of H-pyrrole nitrogens is 1. The highest BCUT2D eigenvalue weighted by Gasteiger charge is 2.26. The Labute approximate surface area is 154 Å². The van der Waals surface area contributed by atoms with Crippen LogP contribution in [-0.4, -0.2) is 63.0 Å². The molecule has 3 N–H and O–H groups in total. The number of fused-ring (bicyclic) bond motifs is 1. The van der Waals surface area contributed by atoms with Crippen LogP contribution in [0, 0.1) is 0 Å². The van der Waals surface area contributed by atoms with Crippen LogP contribution < -0.4 is 5.32 Å². The summed E-state index contributed by atoms with van der Waals surface area (Å²) < 4.78 is 5.22. The third-order valence-corrected chi connectivity index (χ3v) is 4.01. The van der Waals surface area contributed by atoms with E-state index in [0.29, 0.717) is 11.9 Å². The van der Waals surface area contributed by atoms with Gasteiger partial charge in [0.05, 0.1) is 0 Å². The molecule has 0 aromatic carbocycles. The Hall–Kier alpha value is -3.36. The average molecular weight is 373 g/mol. The molecule has 10 heteroatoms. The van der Waals surface area contributed by atoms with E-state index in [1.165, 1.54) is 7.11 Å². The first-order valence-corrected chi connectivity index (χ1v) is 8.13. The molecular formula is C17H19N5O5. The molecule has 0 fully saturated rings. The van der Waals surface area contributed by atoms with E-state index in [2.05, 4.69) is 20.1 Å². The number of amides is 1. The van der Waals surface area contributed by atoms with Crippen LogP contribution >= 0.6 is 0 Å². The van der Waals surface area contributed by atoms with Crippen LogP contribution in [0.1, 0.15) is 18.4 Å². The second-order valence-corrected chi connectivity index (χ2v) is 5.79. The van der Waals surface area contributed by atoms with Gasteiger partial charge in [-0.25, -0.2) is 9.78 Å². The summed E-state index contributed by atoms with van der Waals surface area (Å²) >= 11 is 0. The molecule has 10 nitrogen and oxygen atoms in total. The van der Waals surface area contributed by atoms with Crippen molar-refractivity contribution in [1.82, 2.24) is 15.3 Å². The Morgan fingerprint density at radius 1 is 1.48 bits per heavy atom. The molecule has 0 saturated heterocycles. The van der Waals surface area contributed by atoms with E-state index in [1.807, 2.05) is 6.07 Å². The highest BCUT2D eigenvalue weighted by atomic mass is 16.5. The SMILES string of the molecule is CO[C@@H](Cc1c[nH]c2ncccc12)C(=O)N[C@@H](CCC(=O)C=[N+]=[N-])C(=O)O. The fourth-order valence-electron chi connectivity index (χ4n) is 2.60. The van der Waals surface area contributed by atoms with Crippen molar-refractivity contribution in [1.29, 1.82) is 0 Å². The van der Waals surface area contributed by atoms with Crippen molar-refractivity contribution in [2.75, 3.05) is 7.11 Å². The Kier molecular flexibility index (Phi) is 6.93. The van der Waals surface area contributed by atoms with Gasteiger partial charge >= 0.3 is 12.2 Å². The van der Waals surface area contributed by atoms with Gasteiger partial charge in [0.1, 0.15) is 17.8 Å². The Morgan fingerprint density at radius 3 is 2.93 bits per heavy atom. The van der Waals surface area contributed by atoms with E-state index in [-0.39, 0.29) is 19.3 Å². The third-order valence-electron chi connectivity index (χ3n) is 4.01. The van der Waals surface area contributed by atoms with Crippen molar-refractivity contribution in [3.8, 4) is 0 Å². The molecule has 0 spiro atoms. The van der Waals surface area contributed by atoms with Crippen molar-refractivity contribution >= 4 is 34.9 Å². The smallest absolute Gasteiger partial charge is 0.326 e. The van der Waals surface area contributed by atoms with E-state index in [0.717, 1.165) is 10.9 Å². The largest absolute Gasteiger partial charge is 0.480 e. The predicted molar refractivity (Wildman–Crippen MR) is 94.1 cm³/mol. The second-order valence-electron chi connectivity index (χ2n) is 5.79. The van der Waals surface area contributed by atoms with Gasteiger partial charge in [0.15, 0.2) is 0 Å². The molecule has 0 aliphatic rings. The number of nitrogens with one attached hydrogen (secondary N) is 2. The molecule has 0 saturated carbocycles. The van der Waals surface area contributed by atoms with Gasteiger partial charge in [-0.1, -0.05) is 0 Å². The number of nitrogens with zero attached hydrogens (tertiary/aromatic N) is 3. The topological polar surface area (TPSA) is 158 Å². The molecule has 0 aliphatic heterocycles. The number of carboxylic acids is 1. The molecule has 0 aliphatic carbocycles. The number of methoxy groups -OCH3 is 1.